The van der Waals surface area contributed by atoms with Crippen LogP contribution in [0.4, 0.5) is 5.82 Å². The SMILES string of the molecule is CC(Nc1ncc(Cl)cc1Cl)C(=O)N1CCCCC1. The number of anilines is 1. The van der Waals surface area contributed by atoms with Gasteiger partial charge in [0.05, 0.1) is 10.0 Å². The Morgan fingerprint density at radius 3 is 2.68 bits per heavy atom. The lowest BCUT2D eigenvalue weighted by Crippen LogP contribution is -2.44. The molecule has 2 rings (SSSR count). The number of rotatable bonds is 3. The fourth-order valence-corrected chi connectivity index (χ4v) is 2.61. The highest BCUT2D eigenvalue weighted by atomic mass is 35.5. The summed E-state index contributed by atoms with van der Waals surface area (Å²) in [6.07, 6.45) is 4.88. The van der Waals surface area contributed by atoms with E-state index in [9.17, 15) is 4.79 Å². The van der Waals surface area contributed by atoms with Crippen LogP contribution in [0.25, 0.3) is 0 Å². The van der Waals surface area contributed by atoms with E-state index in [1.54, 1.807) is 6.07 Å². The number of pyridine rings is 1. The highest BCUT2D eigenvalue weighted by Gasteiger charge is 2.22. The van der Waals surface area contributed by atoms with Crippen molar-refractivity contribution in [3.63, 3.8) is 0 Å². The number of halogens is 2. The number of likely N-dealkylation sites (tertiary alicyclic amines) is 1. The highest BCUT2D eigenvalue weighted by Crippen LogP contribution is 2.23. The molecular weight excluding hydrogens is 285 g/mol. The van der Waals surface area contributed by atoms with Gasteiger partial charge in [-0.2, -0.15) is 0 Å². The van der Waals surface area contributed by atoms with Crippen molar-refractivity contribution < 1.29 is 4.79 Å². The molecule has 1 aromatic heterocycles. The normalized spacial score (nSPS) is 17.1. The molecule has 1 aromatic rings. The Kier molecular flexibility index (Phi) is 4.88. The fraction of sp³-hybridized carbons (Fsp3) is 0.538. The molecule has 1 atom stereocenters. The Hall–Kier alpha value is -1.00. The molecule has 1 N–H and O–H groups in total. The van der Waals surface area contributed by atoms with Crippen molar-refractivity contribution in [1.82, 2.24) is 9.88 Å². The van der Waals surface area contributed by atoms with Gasteiger partial charge >= 0.3 is 0 Å². The number of nitrogens with one attached hydrogen (secondary N) is 1. The summed E-state index contributed by atoms with van der Waals surface area (Å²) < 4.78 is 0. The maximum atomic E-state index is 12.2. The minimum Gasteiger partial charge on any atom is -0.357 e. The van der Waals surface area contributed by atoms with Crippen molar-refractivity contribution in [1.29, 1.82) is 0 Å². The summed E-state index contributed by atoms with van der Waals surface area (Å²) in [4.78, 5) is 18.2. The standard InChI is InChI=1S/C13H17Cl2N3O/c1-9(13(19)18-5-3-2-4-6-18)17-12-11(15)7-10(14)8-16-12/h7-9H,2-6H2,1H3,(H,16,17). The molecule has 1 amide bonds. The monoisotopic (exact) mass is 301 g/mol. The summed E-state index contributed by atoms with van der Waals surface area (Å²) in [5.74, 6) is 0.580. The van der Waals surface area contributed by atoms with Crippen molar-refractivity contribution in [3.8, 4) is 0 Å². The zero-order valence-electron chi connectivity index (χ0n) is 10.8. The Morgan fingerprint density at radius 2 is 2.05 bits per heavy atom. The third kappa shape index (κ3) is 3.74. The number of piperidine rings is 1. The molecular formula is C13H17Cl2N3O. The Balaban J connectivity index is 1.99. The van der Waals surface area contributed by atoms with E-state index < -0.39 is 0 Å². The molecule has 0 bridgehead atoms. The van der Waals surface area contributed by atoms with Crippen LogP contribution in [0, 0.1) is 0 Å². The van der Waals surface area contributed by atoms with Crippen molar-refractivity contribution in [2.45, 2.75) is 32.2 Å². The summed E-state index contributed by atoms with van der Waals surface area (Å²) in [6, 6.07) is 1.26. The maximum Gasteiger partial charge on any atom is 0.244 e. The van der Waals surface area contributed by atoms with Gasteiger partial charge in [-0.25, -0.2) is 4.98 Å². The maximum absolute atomic E-state index is 12.2. The first-order valence-electron chi connectivity index (χ1n) is 6.44. The van der Waals surface area contributed by atoms with Gasteiger partial charge in [0.2, 0.25) is 5.91 Å². The summed E-state index contributed by atoms with van der Waals surface area (Å²) in [7, 11) is 0. The van der Waals surface area contributed by atoms with Crippen LogP contribution in [0.3, 0.4) is 0 Å². The molecule has 19 heavy (non-hydrogen) atoms. The minimum atomic E-state index is -0.343. The van der Waals surface area contributed by atoms with Crippen LogP contribution < -0.4 is 5.32 Å². The number of nitrogens with zero attached hydrogens (tertiary/aromatic N) is 2. The van der Waals surface area contributed by atoms with E-state index >= 15 is 0 Å². The number of aromatic nitrogens is 1. The topological polar surface area (TPSA) is 45.2 Å². The lowest BCUT2D eigenvalue weighted by atomic mass is 10.1. The van der Waals surface area contributed by atoms with Crippen molar-refractivity contribution in [2.75, 3.05) is 18.4 Å². The van der Waals surface area contributed by atoms with E-state index in [1.807, 2.05) is 11.8 Å². The molecule has 1 aliphatic rings. The average Bonchev–Trinajstić information content (AvgIpc) is 2.42. The molecule has 2 heterocycles. The van der Waals surface area contributed by atoms with Crippen LogP contribution in [0.15, 0.2) is 12.3 Å². The van der Waals surface area contributed by atoms with Crippen molar-refractivity contribution in [3.05, 3.63) is 22.3 Å². The molecule has 1 aliphatic heterocycles. The molecule has 6 heteroatoms. The minimum absolute atomic E-state index is 0.0903. The van der Waals surface area contributed by atoms with E-state index in [0.29, 0.717) is 15.9 Å². The van der Waals surface area contributed by atoms with E-state index in [0.717, 1.165) is 25.9 Å². The Labute approximate surface area is 123 Å². The second kappa shape index (κ2) is 6.44. The zero-order chi connectivity index (χ0) is 13.8. The predicted molar refractivity (Wildman–Crippen MR) is 77.8 cm³/mol. The second-order valence-corrected chi connectivity index (χ2v) is 5.58. The van der Waals surface area contributed by atoms with Gasteiger partial charge in [0.1, 0.15) is 11.9 Å². The van der Waals surface area contributed by atoms with Crippen LogP contribution in [0.2, 0.25) is 10.0 Å². The number of hydrogen-bond donors (Lipinski definition) is 1. The first kappa shape index (κ1) is 14.4. The molecule has 1 saturated heterocycles. The molecule has 4 nitrogen and oxygen atoms in total. The van der Waals surface area contributed by atoms with E-state index in [1.165, 1.54) is 12.6 Å². The average molecular weight is 302 g/mol. The first-order valence-corrected chi connectivity index (χ1v) is 7.20. The van der Waals surface area contributed by atoms with Gasteiger partial charge in [0, 0.05) is 19.3 Å². The van der Waals surface area contributed by atoms with Gasteiger partial charge in [0.15, 0.2) is 0 Å². The van der Waals surface area contributed by atoms with Crippen LogP contribution in [0.1, 0.15) is 26.2 Å². The van der Waals surface area contributed by atoms with Crippen LogP contribution in [-0.2, 0) is 4.79 Å². The summed E-state index contributed by atoms with van der Waals surface area (Å²) >= 11 is 11.8. The van der Waals surface area contributed by atoms with E-state index in [2.05, 4.69) is 10.3 Å². The molecule has 104 valence electrons. The molecule has 1 unspecified atom stereocenters. The van der Waals surface area contributed by atoms with Gasteiger partial charge in [0.25, 0.3) is 0 Å². The third-order valence-corrected chi connectivity index (χ3v) is 3.69. The van der Waals surface area contributed by atoms with Gasteiger partial charge in [-0.3, -0.25) is 4.79 Å². The van der Waals surface area contributed by atoms with Crippen LogP contribution in [-0.4, -0.2) is 34.9 Å². The Morgan fingerprint density at radius 1 is 1.37 bits per heavy atom. The molecule has 0 aromatic carbocycles. The second-order valence-electron chi connectivity index (χ2n) is 4.74. The van der Waals surface area contributed by atoms with Crippen LogP contribution >= 0.6 is 23.2 Å². The first-order chi connectivity index (χ1) is 9.08. The summed E-state index contributed by atoms with van der Waals surface area (Å²) in [5, 5.41) is 3.94. The van der Waals surface area contributed by atoms with Gasteiger partial charge in [-0.1, -0.05) is 23.2 Å². The summed E-state index contributed by atoms with van der Waals surface area (Å²) in [5.41, 5.74) is 0. The molecule has 0 saturated carbocycles. The molecule has 0 radical (unpaired) electrons. The van der Waals surface area contributed by atoms with Gasteiger partial charge in [-0.15, -0.1) is 0 Å². The zero-order valence-corrected chi connectivity index (χ0v) is 12.3. The molecule has 0 spiro atoms. The Bertz CT molecular complexity index is 461. The van der Waals surface area contributed by atoms with E-state index in [-0.39, 0.29) is 11.9 Å². The number of carbonyl (C=O) groups excluding carboxylic acids is 1. The van der Waals surface area contributed by atoms with Gasteiger partial charge < -0.3 is 10.2 Å². The van der Waals surface area contributed by atoms with E-state index in [4.69, 9.17) is 23.2 Å². The van der Waals surface area contributed by atoms with Crippen LogP contribution in [0.5, 0.6) is 0 Å². The molecule has 1 fully saturated rings. The number of carbonyl (C=O) groups is 1. The third-order valence-electron chi connectivity index (χ3n) is 3.20. The lowest BCUT2D eigenvalue weighted by Gasteiger charge is -2.29. The quantitative estimate of drug-likeness (QED) is 0.932. The number of amides is 1. The molecule has 0 aliphatic carbocycles. The number of hydrogen-bond acceptors (Lipinski definition) is 3. The largest absolute Gasteiger partial charge is 0.357 e. The van der Waals surface area contributed by atoms with Crippen molar-refractivity contribution in [2.24, 2.45) is 0 Å². The lowest BCUT2D eigenvalue weighted by molar-refractivity contribution is -0.132. The predicted octanol–water partition coefficient (Wildman–Crippen LogP) is 3.20. The summed E-state index contributed by atoms with van der Waals surface area (Å²) in [6.45, 7) is 3.50. The van der Waals surface area contributed by atoms with Crippen molar-refractivity contribution >= 4 is 34.9 Å². The highest BCUT2D eigenvalue weighted by molar-refractivity contribution is 6.36. The van der Waals surface area contributed by atoms with Gasteiger partial charge in [-0.05, 0) is 32.3 Å². The fourth-order valence-electron chi connectivity index (χ4n) is 2.18. The smallest absolute Gasteiger partial charge is 0.244 e.